The van der Waals surface area contributed by atoms with Gasteiger partial charge in [0.15, 0.2) is 5.82 Å². The molecular formula is C9H3ClF2N4O2. The molecule has 0 amide bonds. The molecule has 92 valence electrons. The van der Waals surface area contributed by atoms with Crippen molar-refractivity contribution in [3.8, 4) is 6.07 Å². The van der Waals surface area contributed by atoms with Gasteiger partial charge < -0.3 is 4.98 Å². The lowest BCUT2D eigenvalue weighted by molar-refractivity contribution is -0.383. The summed E-state index contributed by atoms with van der Waals surface area (Å²) in [6, 6.07) is 2.56. The summed E-state index contributed by atoms with van der Waals surface area (Å²) in [5.41, 5.74) is -1.15. The predicted octanol–water partition coefficient (Wildman–Crippen LogP) is 2.93. The monoisotopic (exact) mass is 272 g/mol. The highest BCUT2D eigenvalue weighted by atomic mass is 35.5. The summed E-state index contributed by atoms with van der Waals surface area (Å²) < 4.78 is 25.0. The zero-order valence-electron chi connectivity index (χ0n) is 8.45. The largest absolute Gasteiger partial charge is 0.331 e. The van der Waals surface area contributed by atoms with Gasteiger partial charge in [-0.15, -0.1) is 0 Å². The first-order chi connectivity index (χ1) is 8.45. The fourth-order valence-corrected chi connectivity index (χ4v) is 1.70. The Morgan fingerprint density at radius 1 is 1.61 bits per heavy atom. The Balaban J connectivity index is 2.88. The van der Waals surface area contributed by atoms with E-state index >= 15 is 0 Å². The van der Waals surface area contributed by atoms with Gasteiger partial charge in [-0.3, -0.25) is 10.1 Å². The van der Waals surface area contributed by atoms with E-state index in [0.29, 0.717) is 0 Å². The van der Waals surface area contributed by atoms with E-state index in [1.54, 1.807) is 6.07 Å². The first-order valence-corrected chi connectivity index (χ1v) is 4.88. The van der Waals surface area contributed by atoms with Crippen LogP contribution < -0.4 is 0 Å². The molecule has 0 aliphatic carbocycles. The Labute approximate surface area is 103 Å². The smallest absolute Gasteiger partial charge is 0.296 e. The number of hydrogen-bond acceptors (Lipinski definition) is 4. The topological polar surface area (TPSA) is 95.6 Å². The van der Waals surface area contributed by atoms with E-state index in [4.69, 9.17) is 16.9 Å². The van der Waals surface area contributed by atoms with Crippen molar-refractivity contribution in [1.29, 1.82) is 5.26 Å². The molecule has 1 N–H and O–H groups in total. The van der Waals surface area contributed by atoms with E-state index in [1.165, 1.54) is 0 Å². The van der Waals surface area contributed by atoms with E-state index < -0.39 is 22.9 Å². The Kier molecular flexibility index (Phi) is 2.84. The number of benzene rings is 1. The van der Waals surface area contributed by atoms with Gasteiger partial charge in [-0.05, 0) is 0 Å². The molecule has 1 aromatic carbocycles. The molecule has 1 aromatic heterocycles. The highest BCUT2D eigenvalue weighted by Crippen LogP contribution is 2.34. The number of H-pyrrole nitrogens is 1. The van der Waals surface area contributed by atoms with E-state index in [9.17, 15) is 18.9 Å². The van der Waals surface area contributed by atoms with Gasteiger partial charge >= 0.3 is 0 Å². The summed E-state index contributed by atoms with van der Waals surface area (Å²) in [6.07, 6.45) is -2.92. The van der Waals surface area contributed by atoms with Crippen molar-refractivity contribution in [3.63, 3.8) is 0 Å². The first kappa shape index (κ1) is 12.2. The molecule has 0 fully saturated rings. The number of rotatable bonds is 2. The van der Waals surface area contributed by atoms with E-state index in [1.807, 2.05) is 0 Å². The predicted molar refractivity (Wildman–Crippen MR) is 57.4 cm³/mol. The summed E-state index contributed by atoms with van der Waals surface area (Å²) in [5.74, 6) is -0.731. The Morgan fingerprint density at radius 2 is 2.28 bits per heavy atom. The Bertz CT molecular complexity index is 692. The molecule has 0 bridgehead atoms. The van der Waals surface area contributed by atoms with E-state index in [0.717, 1.165) is 6.07 Å². The number of aromatic amines is 1. The van der Waals surface area contributed by atoms with Crippen LogP contribution in [0.25, 0.3) is 11.0 Å². The van der Waals surface area contributed by atoms with Crippen molar-refractivity contribution in [2.45, 2.75) is 6.43 Å². The third kappa shape index (κ3) is 1.74. The minimum Gasteiger partial charge on any atom is -0.331 e. The zero-order chi connectivity index (χ0) is 13.4. The molecule has 0 unspecified atom stereocenters. The summed E-state index contributed by atoms with van der Waals surface area (Å²) in [7, 11) is 0. The molecule has 0 aliphatic heterocycles. The molecule has 2 rings (SSSR count). The summed E-state index contributed by atoms with van der Waals surface area (Å²) >= 11 is 5.76. The van der Waals surface area contributed by atoms with E-state index in [2.05, 4.69) is 9.97 Å². The average Bonchev–Trinajstić information content (AvgIpc) is 2.74. The van der Waals surface area contributed by atoms with Crippen molar-refractivity contribution in [2.75, 3.05) is 0 Å². The Morgan fingerprint density at radius 3 is 2.78 bits per heavy atom. The molecule has 0 aliphatic rings. The van der Waals surface area contributed by atoms with Gasteiger partial charge in [0.05, 0.1) is 15.5 Å². The molecule has 9 heteroatoms. The van der Waals surface area contributed by atoms with Gasteiger partial charge in [-0.25, -0.2) is 13.8 Å². The molecule has 6 nitrogen and oxygen atoms in total. The minimum absolute atomic E-state index is 0.191. The number of imidazole rings is 1. The number of alkyl halides is 2. The molecule has 2 aromatic rings. The van der Waals surface area contributed by atoms with Crippen LogP contribution in [0.2, 0.25) is 5.02 Å². The molecule has 0 spiro atoms. The lowest BCUT2D eigenvalue weighted by Crippen LogP contribution is -1.92. The van der Waals surface area contributed by atoms with Crippen molar-refractivity contribution < 1.29 is 13.7 Å². The summed E-state index contributed by atoms with van der Waals surface area (Å²) in [5, 5.41) is 19.4. The molecule has 1 heterocycles. The van der Waals surface area contributed by atoms with Gasteiger partial charge in [0.25, 0.3) is 12.1 Å². The van der Waals surface area contributed by atoms with Crippen LogP contribution in [0.1, 0.15) is 17.8 Å². The van der Waals surface area contributed by atoms with Crippen molar-refractivity contribution >= 4 is 28.3 Å². The van der Waals surface area contributed by atoms with Crippen LogP contribution in [0.5, 0.6) is 0 Å². The molecular weight excluding hydrogens is 270 g/mol. The maximum atomic E-state index is 12.5. The molecule has 0 saturated carbocycles. The highest BCUT2D eigenvalue weighted by molar-refractivity contribution is 6.36. The fraction of sp³-hybridized carbons (Fsp3) is 0.111. The molecule has 0 atom stereocenters. The van der Waals surface area contributed by atoms with Crippen molar-refractivity contribution in [3.05, 3.63) is 32.6 Å². The Hall–Kier alpha value is -2.27. The molecule has 18 heavy (non-hydrogen) atoms. The summed E-state index contributed by atoms with van der Waals surface area (Å²) in [4.78, 5) is 15.6. The van der Waals surface area contributed by atoms with Crippen LogP contribution in [-0.4, -0.2) is 14.9 Å². The number of fused-ring (bicyclic) bond motifs is 1. The van der Waals surface area contributed by atoms with Gasteiger partial charge in [0, 0.05) is 6.07 Å². The number of nitriles is 1. The van der Waals surface area contributed by atoms with Gasteiger partial charge in [-0.1, -0.05) is 11.6 Å². The second-order valence-electron chi connectivity index (χ2n) is 3.27. The zero-order valence-corrected chi connectivity index (χ0v) is 9.20. The van der Waals surface area contributed by atoms with Crippen molar-refractivity contribution in [1.82, 2.24) is 9.97 Å². The number of nitrogens with one attached hydrogen (secondary N) is 1. The van der Waals surface area contributed by atoms with Crippen LogP contribution >= 0.6 is 11.6 Å². The number of nitrogens with zero attached hydrogens (tertiary/aromatic N) is 3. The summed E-state index contributed by atoms with van der Waals surface area (Å²) in [6.45, 7) is 0. The highest BCUT2D eigenvalue weighted by Gasteiger charge is 2.24. The van der Waals surface area contributed by atoms with Crippen LogP contribution in [0, 0.1) is 21.4 Å². The number of nitro benzene ring substituents is 1. The maximum absolute atomic E-state index is 12.5. The minimum atomic E-state index is -2.92. The second-order valence-corrected chi connectivity index (χ2v) is 3.65. The lowest BCUT2D eigenvalue weighted by Gasteiger charge is -1.97. The average molecular weight is 273 g/mol. The first-order valence-electron chi connectivity index (χ1n) is 4.50. The number of nitro groups is 1. The van der Waals surface area contributed by atoms with Gasteiger partial charge in [0.1, 0.15) is 17.1 Å². The fourth-order valence-electron chi connectivity index (χ4n) is 1.46. The lowest BCUT2D eigenvalue weighted by atomic mass is 10.2. The van der Waals surface area contributed by atoms with Gasteiger partial charge in [-0.2, -0.15) is 5.26 Å². The van der Waals surface area contributed by atoms with Crippen LogP contribution in [0.3, 0.4) is 0 Å². The standard InChI is InChI=1S/C9H3ClF2N4O2/c10-5-3(2-13)1-4(16(17)18)6-7(5)15-9(14-6)8(11)12/h1,8H,(H,14,15). The molecule has 0 saturated heterocycles. The van der Waals surface area contributed by atoms with Gasteiger partial charge in [0.2, 0.25) is 0 Å². The normalized spacial score (nSPS) is 10.8. The van der Waals surface area contributed by atoms with E-state index in [-0.39, 0.29) is 21.6 Å². The maximum Gasteiger partial charge on any atom is 0.296 e. The number of hydrogen-bond donors (Lipinski definition) is 1. The quantitative estimate of drug-likeness (QED) is 0.671. The van der Waals surface area contributed by atoms with Crippen LogP contribution in [-0.2, 0) is 0 Å². The number of non-ortho nitro benzene ring substituents is 1. The van der Waals surface area contributed by atoms with Crippen LogP contribution in [0.4, 0.5) is 14.5 Å². The third-order valence-corrected chi connectivity index (χ3v) is 2.61. The van der Waals surface area contributed by atoms with Crippen molar-refractivity contribution in [2.24, 2.45) is 0 Å². The van der Waals surface area contributed by atoms with Crippen LogP contribution in [0.15, 0.2) is 6.07 Å². The SMILES string of the molecule is N#Cc1cc([N+](=O)[O-])c2[nH]c(C(F)F)nc2c1Cl. The molecule has 0 radical (unpaired) electrons. The number of halogens is 3. The number of aromatic nitrogens is 2. The second kappa shape index (κ2) is 4.19. The third-order valence-electron chi connectivity index (χ3n) is 2.23.